The minimum Gasteiger partial charge on any atom is -0.377 e. The van der Waals surface area contributed by atoms with Crippen LogP contribution in [0.5, 0.6) is 0 Å². The number of nitrogens with zero attached hydrogens (tertiary/aromatic N) is 2. The molecule has 0 rings (SSSR count). The van der Waals surface area contributed by atoms with Crippen LogP contribution in [0.1, 0.15) is 33.6 Å². The zero-order valence-electron chi connectivity index (χ0n) is 16.3. The van der Waals surface area contributed by atoms with E-state index in [1.165, 1.54) is 21.3 Å². The number of hydrogen-bond donors (Lipinski definition) is 0. The Balaban J connectivity index is 0. The van der Waals surface area contributed by atoms with E-state index in [0.29, 0.717) is 44.8 Å². The summed E-state index contributed by atoms with van der Waals surface area (Å²) in [5.41, 5.74) is 0. The van der Waals surface area contributed by atoms with E-state index >= 15 is 0 Å². The first-order valence-corrected chi connectivity index (χ1v) is 12.2. The maximum Gasteiger partial charge on any atom is 0.501 e. The Morgan fingerprint density at radius 1 is 0.640 bits per heavy atom. The summed E-state index contributed by atoms with van der Waals surface area (Å²) in [5.74, 6) is 0. The average molecular weight is 393 g/mol. The first kappa shape index (κ1) is 26.4. The zero-order valence-corrected chi connectivity index (χ0v) is 18.3. The topological polar surface area (TPSA) is 103 Å². The second-order valence-electron chi connectivity index (χ2n) is 4.59. The molecular formula is C15H32N2O6Si2. The maximum absolute atomic E-state index is 8.54. The Labute approximate surface area is 154 Å². The van der Waals surface area contributed by atoms with Gasteiger partial charge in [-0.1, -0.05) is 0 Å². The zero-order chi connectivity index (χ0) is 19.6. The third kappa shape index (κ3) is 11.4. The van der Waals surface area contributed by atoms with Crippen LogP contribution < -0.4 is 0 Å². The van der Waals surface area contributed by atoms with Gasteiger partial charge in [0.1, 0.15) is 0 Å². The van der Waals surface area contributed by atoms with Gasteiger partial charge in [0.15, 0.2) is 0 Å². The molecule has 0 fully saturated rings. The molecular weight excluding hydrogens is 360 g/mol. The van der Waals surface area contributed by atoms with Crippen molar-refractivity contribution in [1.82, 2.24) is 0 Å². The second kappa shape index (κ2) is 16.6. The van der Waals surface area contributed by atoms with Crippen molar-refractivity contribution >= 4 is 17.6 Å². The van der Waals surface area contributed by atoms with Crippen molar-refractivity contribution < 1.29 is 26.6 Å². The highest BCUT2D eigenvalue weighted by Gasteiger charge is 2.39. The van der Waals surface area contributed by atoms with Crippen LogP contribution in [0, 0.1) is 22.7 Å². The van der Waals surface area contributed by atoms with Crippen LogP contribution >= 0.6 is 0 Å². The first-order chi connectivity index (χ1) is 12.0. The lowest BCUT2D eigenvalue weighted by molar-refractivity contribution is 0.0717. The van der Waals surface area contributed by atoms with E-state index in [2.05, 4.69) is 6.07 Å². The highest BCUT2D eigenvalue weighted by Crippen LogP contribution is 2.17. The van der Waals surface area contributed by atoms with Gasteiger partial charge in [0.05, 0.1) is 12.1 Å². The van der Waals surface area contributed by atoms with Crippen molar-refractivity contribution in [3.05, 3.63) is 0 Å². The van der Waals surface area contributed by atoms with Crippen molar-refractivity contribution in [3.8, 4) is 12.1 Å². The number of hydrogen-bond acceptors (Lipinski definition) is 8. The Morgan fingerprint density at radius 3 is 1.20 bits per heavy atom. The van der Waals surface area contributed by atoms with Crippen molar-refractivity contribution in [2.45, 2.75) is 45.7 Å². The number of rotatable bonds is 13. The number of nitriles is 2. The molecule has 0 saturated heterocycles. The van der Waals surface area contributed by atoms with E-state index in [9.17, 15) is 0 Å². The third-order valence-corrected chi connectivity index (χ3v) is 8.89. The summed E-state index contributed by atoms with van der Waals surface area (Å²) >= 11 is 0. The molecule has 10 heteroatoms. The van der Waals surface area contributed by atoms with E-state index < -0.39 is 17.6 Å². The van der Waals surface area contributed by atoms with E-state index in [4.69, 9.17) is 37.1 Å². The van der Waals surface area contributed by atoms with Crippen molar-refractivity contribution in [2.24, 2.45) is 0 Å². The summed E-state index contributed by atoms with van der Waals surface area (Å²) in [6.07, 6.45) is 0.827. The summed E-state index contributed by atoms with van der Waals surface area (Å²) in [7, 11) is -0.385. The highest BCUT2D eigenvalue weighted by atomic mass is 28.4. The van der Waals surface area contributed by atoms with E-state index in [0.717, 1.165) is 0 Å². The predicted octanol–water partition coefficient (Wildman–Crippen LogP) is 2.73. The van der Waals surface area contributed by atoms with E-state index in [1.807, 2.05) is 26.8 Å². The van der Waals surface area contributed by atoms with E-state index in [-0.39, 0.29) is 0 Å². The van der Waals surface area contributed by atoms with Gasteiger partial charge in [-0.05, 0) is 20.8 Å². The van der Waals surface area contributed by atoms with Gasteiger partial charge in [0.25, 0.3) is 0 Å². The molecule has 0 spiro atoms. The Morgan fingerprint density at radius 2 is 0.960 bits per heavy atom. The van der Waals surface area contributed by atoms with Crippen LogP contribution in [0.2, 0.25) is 12.1 Å². The Kier molecular flexibility index (Phi) is 17.6. The summed E-state index contributed by atoms with van der Waals surface area (Å²) < 4.78 is 31.9. The summed E-state index contributed by atoms with van der Waals surface area (Å²) in [5, 5.41) is 16.9. The summed E-state index contributed by atoms with van der Waals surface area (Å²) in [4.78, 5) is 0. The molecule has 0 amide bonds. The molecule has 0 bridgehead atoms. The molecule has 8 nitrogen and oxygen atoms in total. The highest BCUT2D eigenvalue weighted by molar-refractivity contribution is 6.61. The smallest absolute Gasteiger partial charge is 0.377 e. The van der Waals surface area contributed by atoms with Crippen molar-refractivity contribution in [2.75, 3.05) is 41.2 Å². The largest absolute Gasteiger partial charge is 0.501 e. The molecule has 146 valence electrons. The van der Waals surface area contributed by atoms with Gasteiger partial charge in [-0.25, -0.2) is 0 Å². The Hall–Kier alpha value is -0.826. The van der Waals surface area contributed by atoms with Gasteiger partial charge < -0.3 is 26.6 Å². The van der Waals surface area contributed by atoms with Crippen LogP contribution in [0.15, 0.2) is 0 Å². The average Bonchev–Trinajstić information content (AvgIpc) is 2.63. The fourth-order valence-corrected chi connectivity index (χ4v) is 5.93. The van der Waals surface area contributed by atoms with Crippen molar-refractivity contribution in [1.29, 1.82) is 10.5 Å². The molecule has 0 saturated carbocycles. The fraction of sp³-hybridized carbons (Fsp3) is 0.867. The predicted molar refractivity (Wildman–Crippen MR) is 97.5 cm³/mol. The van der Waals surface area contributed by atoms with Crippen LogP contribution in [0.3, 0.4) is 0 Å². The van der Waals surface area contributed by atoms with Gasteiger partial charge in [0, 0.05) is 66.1 Å². The molecule has 0 aromatic carbocycles. The lowest BCUT2D eigenvalue weighted by Gasteiger charge is -2.27. The lowest BCUT2D eigenvalue weighted by atomic mass is 10.6. The molecule has 0 aromatic heterocycles. The molecule has 0 aliphatic rings. The van der Waals surface area contributed by atoms with Crippen LogP contribution in [-0.4, -0.2) is 58.8 Å². The van der Waals surface area contributed by atoms with E-state index in [1.54, 1.807) is 0 Å². The maximum atomic E-state index is 8.54. The van der Waals surface area contributed by atoms with Crippen LogP contribution in [0.25, 0.3) is 0 Å². The monoisotopic (exact) mass is 392 g/mol. The van der Waals surface area contributed by atoms with Gasteiger partial charge in [-0.2, -0.15) is 10.5 Å². The molecule has 0 unspecified atom stereocenters. The minimum atomic E-state index is -2.54. The molecule has 0 atom stereocenters. The van der Waals surface area contributed by atoms with Gasteiger partial charge in [0.2, 0.25) is 0 Å². The standard InChI is InChI=1S/C9H19NO3Si.C6H13NO3Si/c1-4-11-14(12-5-2,13-6-3)9-7-8-10;1-8-11(9-2,10-3)6-4-5-7/h4-7,9H2,1-3H3;4,6H2,1-3H3. The normalized spacial score (nSPS) is 11.2. The lowest BCUT2D eigenvalue weighted by Crippen LogP contribution is -2.45. The third-order valence-electron chi connectivity index (χ3n) is 3.11. The molecule has 0 aliphatic carbocycles. The molecule has 0 aromatic rings. The minimum absolute atomic E-state index is 0.405. The fourth-order valence-electron chi connectivity index (χ4n) is 1.98. The van der Waals surface area contributed by atoms with Crippen LogP contribution in [-0.2, 0) is 26.6 Å². The molecule has 0 N–H and O–H groups in total. The second-order valence-corrected chi connectivity index (χ2v) is 10.4. The van der Waals surface area contributed by atoms with Gasteiger partial charge in [-0.3, -0.25) is 0 Å². The summed E-state index contributed by atoms with van der Waals surface area (Å²) in [6, 6.07) is 5.24. The molecule has 0 heterocycles. The molecule has 25 heavy (non-hydrogen) atoms. The SMILES string of the molecule is CCO[Si](CCC#N)(OCC)OCC.CO[Si](CCC#N)(OC)OC. The summed E-state index contributed by atoms with van der Waals surface area (Å²) in [6.45, 7) is 7.43. The quantitative estimate of drug-likeness (QED) is 0.441. The molecule has 0 aliphatic heterocycles. The van der Waals surface area contributed by atoms with Crippen molar-refractivity contribution in [3.63, 3.8) is 0 Å². The first-order valence-electron chi connectivity index (χ1n) is 8.30. The molecule has 0 radical (unpaired) electrons. The van der Waals surface area contributed by atoms with Crippen LogP contribution in [0.4, 0.5) is 0 Å². The Bertz CT molecular complexity index is 371. The van der Waals surface area contributed by atoms with Gasteiger partial charge >= 0.3 is 17.6 Å². The van der Waals surface area contributed by atoms with Gasteiger partial charge in [-0.15, -0.1) is 0 Å².